The van der Waals surface area contributed by atoms with Crippen molar-refractivity contribution in [2.45, 2.75) is 24.9 Å². The number of oxime groups is 1. The second-order valence-electron chi connectivity index (χ2n) is 8.06. The third-order valence-corrected chi connectivity index (χ3v) is 8.85. The van der Waals surface area contributed by atoms with E-state index in [4.69, 9.17) is 10.6 Å². The lowest BCUT2D eigenvalue weighted by atomic mass is 10.0. The summed E-state index contributed by atoms with van der Waals surface area (Å²) in [6.07, 6.45) is 1.91. The van der Waals surface area contributed by atoms with E-state index in [-0.39, 0.29) is 22.2 Å². The molecule has 11 nitrogen and oxygen atoms in total. The first-order chi connectivity index (χ1) is 17.3. The SMILES string of the molecule is CO/N=C(\C(=O)NC1C(=O)N2C(C(=O)[O-])=C(C[n+]3ccc(C)c4ccsc43)CS[C@H]12)c1csc(N)n1. The van der Waals surface area contributed by atoms with Crippen LogP contribution in [0.2, 0.25) is 0 Å². The Morgan fingerprint density at radius 3 is 2.89 bits per heavy atom. The van der Waals surface area contributed by atoms with E-state index in [0.717, 1.165) is 27.1 Å². The van der Waals surface area contributed by atoms with Gasteiger partial charge in [-0.15, -0.1) is 23.1 Å². The minimum absolute atomic E-state index is 0.135. The predicted octanol–water partition coefficient (Wildman–Crippen LogP) is -0.00948. The molecule has 5 heterocycles. The second-order valence-corrected chi connectivity index (χ2v) is 10.9. The molecular weight excluding hydrogens is 524 g/mol. The fourth-order valence-corrected chi connectivity index (χ4v) is 7.04. The lowest BCUT2D eigenvalue weighted by molar-refractivity contribution is -0.661. The molecule has 1 unspecified atom stereocenters. The number of hydrogen-bond donors (Lipinski definition) is 2. The highest BCUT2D eigenvalue weighted by Crippen LogP contribution is 2.40. The van der Waals surface area contributed by atoms with Crippen LogP contribution >= 0.6 is 34.4 Å². The molecule has 1 fully saturated rings. The Hall–Kier alpha value is -3.49. The monoisotopic (exact) mass is 544 g/mol. The maximum absolute atomic E-state index is 13.0. The van der Waals surface area contributed by atoms with Gasteiger partial charge in [0.05, 0.1) is 17.1 Å². The van der Waals surface area contributed by atoms with Crippen LogP contribution in [-0.4, -0.2) is 57.7 Å². The second kappa shape index (κ2) is 9.52. The van der Waals surface area contributed by atoms with Gasteiger partial charge in [-0.05, 0) is 23.9 Å². The number of nitrogens with two attached hydrogens (primary N) is 1. The quantitative estimate of drug-likeness (QED) is 0.182. The lowest BCUT2D eigenvalue weighted by Crippen LogP contribution is -2.71. The Labute approximate surface area is 217 Å². The van der Waals surface area contributed by atoms with Crippen LogP contribution < -0.4 is 20.7 Å². The van der Waals surface area contributed by atoms with Crippen LogP contribution in [0.5, 0.6) is 0 Å². The van der Waals surface area contributed by atoms with Gasteiger partial charge in [0.25, 0.3) is 16.6 Å². The summed E-state index contributed by atoms with van der Waals surface area (Å²) >= 11 is 4.07. The third kappa shape index (κ3) is 4.10. The number of pyridine rings is 1. The number of fused-ring (bicyclic) bond motifs is 2. The molecule has 2 atom stereocenters. The summed E-state index contributed by atoms with van der Waals surface area (Å²) in [4.78, 5) is 49.1. The van der Waals surface area contributed by atoms with Gasteiger partial charge >= 0.3 is 0 Å². The Bertz CT molecular complexity index is 1460. The normalized spacial score (nSPS) is 19.8. The minimum atomic E-state index is -1.43. The van der Waals surface area contributed by atoms with E-state index >= 15 is 0 Å². The molecule has 5 rings (SSSR count). The molecule has 2 amide bonds. The zero-order chi connectivity index (χ0) is 25.6. The molecule has 2 aliphatic heterocycles. The van der Waals surface area contributed by atoms with Crippen molar-refractivity contribution >= 4 is 73.3 Å². The number of anilines is 1. The van der Waals surface area contributed by atoms with E-state index in [9.17, 15) is 19.5 Å². The smallest absolute Gasteiger partial charge is 0.276 e. The standard InChI is InChI=1S/C22H20N6O5S3/c1-10-3-5-27(19-12(10)4-6-34-19)7-11-8-35-20-15(18(30)28(20)16(11)21(31)32)25-17(29)14(26-33-2)13-9-36-22(23)24-13/h3-6,9,15,20H,7-8H2,1-2H3,(H3-,23,24,25,29,31,32)/b26-14-/t15?,20-/m1/s1. The number of nitrogens with one attached hydrogen (secondary N) is 1. The number of carboxylic acids is 1. The van der Waals surface area contributed by atoms with Crippen LogP contribution in [0.1, 0.15) is 11.3 Å². The summed E-state index contributed by atoms with van der Waals surface area (Å²) < 4.78 is 1.97. The first-order valence-corrected chi connectivity index (χ1v) is 13.5. The number of carbonyl (C=O) groups is 3. The zero-order valence-electron chi connectivity index (χ0n) is 19.1. The molecule has 36 heavy (non-hydrogen) atoms. The molecular formula is C22H20N6O5S3. The molecule has 186 valence electrons. The number of carboxylic acid groups (broad SMARTS) is 1. The maximum atomic E-state index is 13.0. The zero-order valence-corrected chi connectivity index (χ0v) is 21.5. The number of aryl methyl sites for hydroxylation is 1. The Morgan fingerprint density at radius 2 is 2.19 bits per heavy atom. The van der Waals surface area contributed by atoms with Crippen LogP contribution in [-0.2, 0) is 25.8 Å². The molecule has 2 aliphatic rings. The number of carbonyl (C=O) groups excluding carboxylic acids is 3. The summed E-state index contributed by atoms with van der Waals surface area (Å²) in [5.74, 6) is -2.29. The van der Waals surface area contributed by atoms with Gasteiger partial charge < -0.3 is 25.8 Å². The van der Waals surface area contributed by atoms with Crippen molar-refractivity contribution in [2.24, 2.45) is 5.16 Å². The van der Waals surface area contributed by atoms with Crippen LogP contribution in [0.3, 0.4) is 0 Å². The molecule has 3 N–H and O–H groups in total. The van der Waals surface area contributed by atoms with Crippen molar-refractivity contribution in [3.05, 3.63) is 51.6 Å². The van der Waals surface area contributed by atoms with Crippen molar-refractivity contribution in [2.75, 3.05) is 18.6 Å². The van der Waals surface area contributed by atoms with E-state index in [0.29, 0.717) is 17.9 Å². The molecule has 1 saturated heterocycles. The summed E-state index contributed by atoms with van der Waals surface area (Å²) in [5.41, 5.74) is 7.28. The van der Waals surface area contributed by atoms with Gasteiger partial charge in [-0.3, -0.25) is 14.5 Å². The molecule has 0 aliphatic carbocycles. The Balaban J connectivity index is 1.38. The highest BCUT2D eigenvalue weighted by molar-refractivity contribution is 8.00. The number of thioether (sulfide) groups is 1. The number of nitrogen functional groups attached to an aromatic ring is 1. The number of aliphatic carboxylic acids is 1. The highest BCUT2D eigenvalue weighted by atomic mass is 32.2. The highest BCUT2D eigenvalue weighted by Gasteiger charge is 2.53. The van der Waals surface area contributed by atoms with Gasteiger partial charge in [0.1, 0.15) is 24.2 Å². The first kappa shape index (κ1) is 24.2. The Morgan fingerprint density at radius 1 is 1.39 bits per heavy atom. The fourth-order valence-electron chi connectivity index (χ4n) is 4.21. The molecule has 14 heteroatoms. The van der Waals surface area contributed by atoms with Crippen molar-refractivity contribution < 1.29 is 28.9 Å². The van der Waals surface area contributed by atoms with Crippen LogP contribution in [0.15, 0.2) is 45.5 Å². The van der Waals surface area contributed by atoms with Gasteiger partial charge in [0, 0.05) is 22.8 Å². The molecule has 0 spiro atoms. The molecule has 0 saturated carbocycles. The molecule has 0 radical (unpaired) electrons. The van der Waals surface area contributed by atoms with E-state index < -0.39 is 29.2 Å². The van der Waals surface area contributed by atoms with Crippen LogP contribution in [0.25, 0.3) is 10.2 Å². The van der Waals surface area contributed by atoms with E-state index in [1.54, 1.807) is 16.7 Å². The number of β-lactam (4-membered cyclic amide) rings is 1. The number of rotatable bonds is 7. The fraction of sp³-hybridized carbons (Fsp3) is 0.273. The number of thiophene rings is 1. The van der Waals surface area contributed by atoms with Crippen LogP contribution in [0, 0.1) is 6.92 Å². The number of amides is 2. The average molecular weight is 545 g/mol. The average Bonchev–Trinajstić information content (AvgIpc) is 3.52. The first-order valence-electron chi connectivity index (χ1n) is 10.7. The van der Waals surface area contributed by atoms with Gasteiger partial charge in [-0.2, -0.15) is 4.57 Å². The van der Waals surface area contributed by atoms with Crippen molar-refractivity contribution in [3.63, 3.8) is 0 Å². The summed E-state index contributed by atoms with van der Waals surface area (Å²) in [6.45, 7) is 2.32. The van der Waals surface area contributed by atoms with Gasteiger partial charge in [-0.1, -0.05) is 16.5 Å². The molecule has 0 aromatic carbocycles. The molecule has 3 aromatic rings. The summed E-state index contributed by atoms with van der Waals surface area (Å²) in [6, 6.07) is 3.06. The summed E-state index contributed by atoms with van der Waals surface area (Å²) in [5, 5.41) is 22.8. The number of hydrogen-bond acceptors (Lipinski definition) is 11. The number of thiazole rings is 1. The van der Waals surface area contributed by atoms with E-state index in [2.05, 4.69) is 15.5 Å². The molecule has 0 bridgehead atoms. The maximum Gasteiger partial charge on any atom is 0.276 e. The minimum Gasteiger partial charge on any atom is -0.543 e. The largest absolute Gasteiger partial charge is 0.543 e. The van der Waals surface area contributed by atoms with Crippen molar-refractivity contribution in [1.29, 1.82) is 0 Å². The predicted molar refractivity (Wildman–Crippen MR) is 134 cm³/mol. The number of nitrogens with zero attached hydrogens (tertiary/aromatic N) is 4. The van der Waals surface area contributed by atoms with E-state index in [1.807, 2.05) is 35.2 Å². The van der Waals surface area contributed by atoms with Gasteiger partial charge in [-0.25, -0.2) is 4.98 Å². The van der Waals surface area contributed by atoms with E-state index in [1.165, 1.54) is 23.8 Å². The topological polar surface area (TPSA) is 154 Å². The molecule has 3 aromatic heterocycles. The van der Waals surface area contributed by atoms with Crippen LogP contribution in [0.4, 0.5) is 5.13 Å². The Kier molecular flexibility index (Phi) is 6.40. The lowest BCUT2D eigenvalue weighted by Gasteiger charge is -2.50. The number of aromatic nitrogens is 2. The van der Waals surface area contributed by atoms with Crippen molar-refractivity contribution in [3.8, 4) is 0 Å². The van der Waals surface area contributed by atoms with Gasteiger partial charge in [0.15, 0.2) is 23.6 Å². The van der Waals surface area contributed by atoms with Gasteiger partial charge in [0.2, 0.25) is 0 Å². The van der Waals surface area contributed by atoms with Crippen molar-refractivity contribution in [1.82, 2.24) is 15.2 Å². The third-order valence-electron chi connectivity index (χ3n) is 5.89. The summed E-state index contributed by atoms with van der Waals surface area (Å²) in [7, 11) is 1.28.